The van der Waals surface area contributed by atoms with E-state index in [0.29, 0.717) is 0 Å². The number of nitrogens with one attached hydrogen (secondary N) is 1. The van der Waals surface area contributed by atoms with Crippen LogP contribution in [-0.4, -0.2) is 55.6 Å². The van der Waals surface area contributed by atoms with Crippen molar-refractivity contribution in [2.45, 2.75) is 39.3 Å². The van der Waals surface area contributed by atoms with E-state index < -0.39 is 0 Å². The maximum Gasteiger partial charge on any atom is 0.205 e. The van der Waals surface area contributed by atoms with Crippen LogP contribution in [0.25, 0.3) is 0 Å². The maximum atomic E-state index is 4.58. The van der Waals surface area contributed by atoms with Gasteiger partial charge in [-0.15, -0.1) is 0 Å². The summed E-state index contributed by atoms with van der Waals surface area (Å²) in [6, 6.07) is 0. The minimum Gasteiger partial charge on any atom is -0.359 e. The average molecular weight is 239 g/mol. The second-order valence-corrected chi connectivity index (χ2v) is 4.45. The fourth-order valence-corrected chi connectivity index (χ4v) is 1.93. The largest absolute Gasteiger partial charge is 0.359 e. The number of unbranched alkanes of at least 4 members (excludes halogenated alkanes) is 2. The summed E-state index contributed by atoms with van der Waals surface area (Å²) in [4.78, 5) is 13.2. The molecule has 0 saturated carbocycles. The lowest BCUT2D eigenvalue weighted by atomic mass is 10.2. The molecule has 0 fully saturated rings. The second-order valence-electron chi connectivity index (χ2n) is 4.45. The molecule has 0 amide bonds. The van der Waals surface area contributed by atoms with Crippen LogP contribution in [0.5, 0.6) is 0 Å². The highest BCUT2D eigenvalue weighted by molar-refractivity contribution is 5.99. The molecule has 0 aliphatic carbocycles. The predicted octanol–water partition coefficient (Wildman–Crippen LogP) is 1.33. The van der Waals surface area contributed by atoms with E-state index in [-0.39, 0.29) is 6.17 Å². The Morgan fingerprint density at radius 1 is 1.35 bits per heavy atom. The molecule has 5 nitrogen and oxygen atoms in total. The predicted molar refractivity (Wildman–Crippen MR) is 73.3 cm³/mol. The molecule has 0 spiro atoms. The van der Waals surface area contributed by atoms with Gasteiger partial charge in [-0.2, -0.15) is 0 Å². The molecule has 0 aromatic rings. The van der Waals surface area contributed by atoms with Crippen LogP contribution in [0.3, 0.4) is 0 Å². The second kappa shape index (κ2) is 6.47. The molecule has 1 atom stereocenters. The number of aliphatic imine (C=N–C) groups is 2. The third-order valence-electron chi connectivity index (χ3n) is 2.89. The quantitative estimate of drug-likeness (QED) is 0.753. The van der Waals surface area contributed by atoms with Crippen LogP contribution in [0, 0.1) is 0 Å². The molecule has 1 aliphatic rings. The fourth-order valence-electron chi connectivity index (χ4n) is 1.93. The molecule has 98 valence electrons. The highest BCUT2D eigenvalue weighted by Gasteiger charge is 2.21. The van der Waals surface area contributed by atoms with E-state index in [4.69, 9.17) is 0 Å². The normalized spacial score (nSPS) is 19.8. The number of guanidine groups is 2. The number of nitrogens with zero attached hydrogens (tertiary/aromatic N) is 4. The Hall–Kier alpha value is -1.26. The summed E-state index contributed by atoms with van der Waals surface area (Å²) in [5.74, 6) is 1.87. The Kier molecular flexibility index (Phi) is 5.25. The van der Waals surface area contributed by atoms with Crippen LogP contribution in [-0.2, 0) is 0 Å². The summed E-state index contributed by atoms with van der Waals surface area (Å²) in [6.07, 6.45) is 3.72. The Morgan fingerprint density at radius 3 is 2.65 bits per heavy atom. The lowest BCUT2D eigenvalue weighted by Gasteiger charge is -2.33. The highest BCUT2D eigenvalue weighted by Crippen LogP contribution is 2.08. The van der Waals surface area contributed by atoms with Crippen LogP contribution < -0.4 is 5.32 Å². The summed E-state index contributed by atoms with van der Waals surface area (Å²) >= 11 is 0. The third kappa shape index (κ3) is 3.61. The van der Waals surface area contributed by atoms with Gasteiger partial charge in [0.15, 0.2) is 0 Å². The fraction of sp³-hybridized carbons (Fsp3) is 0.833. The first-order chi connectivity index (χ1) is 8.10. The maximum absolute atomic E-state index is 4.58. The molecule has 1 unspecified atom stereocenters. The van der Waals surface area contributed by atoms with Crippen LogP contribution in [0.15, 0.2) is 9.98 Å². The smallest absolute Gasteiger partial charge is 0.205 e. The van der Waals surface area contributed by atoms with Crippen LogP contribution in [0.2, 0.25) is 0 Å². The highest BCUT2D eigenvalue weighted by atomic mass is 15.4. The van der Waals surface area contributed by atoms with Gasteiger partial charge in [0.2, 0.25) is 11.9 Å². The summed E-state index contributed by atoms with van der Waals surface area (Å²) in [5, 5.41) is 3.10. The van der Waals surface area contributed by atoms with Gasteiger partial charge in [-0.3, -0.25) is 4.90 Å². The Labute approximate surface area is 105 Å². The van der Waals surface area contributed by atoms with E-state index in [1.807, 2.05) is 25.9 Å². The zero-order valence-electron chi connectivity index (χ0n) is 11.7. The van der Waals surface area contributed by atoms with E-state index >= 15 is 0 Å². The number of rotatable bonds is 4. The van der Waals surface area contributed by atoms with Gasteiger partial charge in [0, 0.05) is 27.7 Å². The van der Waals surface area contributed by atoms with Gasteiger partial charge in [0.1, 0.15) is 6.17 Å². The minimum atomic E-state index is -0.00252. The molecule has 1 aliphatic heterocycles. The molecule has 5 heteroatoms. The van der Waals surface area contributed by atoms with Crippen molar-refractivity contribution in [3.05, 3.63) is 0 Å². The summed E-state index contributed by atoms with van der Waals surface area (Å²) in [6.45, 7) is 5.27. The van der Waals surface area contributed by atoms with Crippen molar-refractivity contribution in [2.75, 3.05) is 27.7 Å². The molecular weight excluding hydrogens is 214 g/mol. The van der Waals surface area contributed by atoms with E-state index in [0.717, 1.165) is 18.5 Å². The van der Waals surface area contributed by atoms with Gasteiger partial charge < -0.3 is 10.2 Å². The zero-order valence-corrected chi connectivity index (χ0v) is 11.7. The third-order valence-corrected chi connectivity index (χ3v) is 2.89. The SMILES string of the molecule is CCCCCN(C)C1=NC(C)N=C(NC)N1C. The molecule has 1 heterocycles. The molecule has 0 radical (unpaired) electrons. The zero-order chi connectivity index (χ0) is 12.8. The topological polar surface area (TPSA) is 43.2 Å². The van der Waals surface area contributed by atoms with Crippen LogP contribution in [0.1, 0.15) is 33.1 Å². The molecule has 0 aromatic heterocycles. The lowest BCUT2D eigenvalue weighted by molar-refractivity contribution is 0.418. The molecule has 17 heavy (non-hydrogen) atoms. The van der Waals surface area contributed by atoms with Crippen molar-refractivity contribution >= 4 is 11.9 Å². The van der Waals surface area contributed by atoms with Gasteiger partial charge in [-0.1, -0.05) is 19.8 Å². The van der Waals surface area contributed by atoms with Crippen molar-refractivity contribution in [1.82, 2.24) is 15.1 Å². The van der Waals surface area contributed by atoms with E-state index in [1.54, 1.807) is 0 Å². The monoisotopic (exact) mass is 239 g/mol. The van der Waals surface area contributed by atoms with Gasteiger partial charge in [0.25, 0.3) is 0 Å². The molecule has 0 saturated heterocycles. The molecule has 0 bridgehead atoms. The van der Waals surface area contributed by atoms with Crippen LogP contribution >= 0.6 is 0 Å². The molecular formula is C12H25N5. The summed E-state index contributed by atoms with van der Waals surface area (Å²) < 4.78 is 0. The standard InChI is InChI=1S/C12H25N5/c1-6-7-8-9-16(4)12-15-10(2)14-11(13-3)17(12)5/h10H,6-9H2,1-5H3,(H,13,14). The number of hydrogen-bond donors (Lipinski definition) is 1. The molecule has 1 rings (SSSR count). The summed E-state index contributed by atoms with van der Waals surface area (Å²) in [7, 11) is 5.98. The van der Waals surface area contributed by atoms with Gasteiger partial charge >= 0.3 is 0 Å². The first-order valence-corrected chi connectivity index (χ1v) is 6.38. The molecule has 0 aromatic carbocycles. The van der Waals surface area contributed by atoms with E-state index in [9.17, 15) is 0 Å². The first-order valence-electron chi connectivity index (χ1n) is 6.38. The first kappa shape index (κ1) is 13.8. The van der Waals surface area contributed by atoms with Crippen molar-refractivity contribution in [2.24, 2.45) is 9.98 Å². The Bertz CT molecular complexity index is 297. The Morgan fingerprint density at radius 2 is 2.06 bits per heavy atom. The average Bonchev–Trinajstić information content (AvgIpc) is 2.31. The van der Waals surface area contributed by atoms with Gasteiger partial charge in [0.05, 0.1) is 0 Å². The van der Waals surface area contributed by atoms with Crippen LogP contribution in [0.4, 0.5) is 0 Å². The Balaban J connectivity index is 2.63. The van der Waals surface area contributed by atoms with Crippen molar-refractivity contribution in [3.63, 3.8) is 0 Å². The lowest BCUT2D eigenvalue weighted by Crippen LogP contribution is -2.50. The van der Waals surface area contributed by atoms with E-state index in [2.05, 4.69) is 34.2 Å². The van der Waals surface area contributed by atoms with Crippen molar-refractivity contribution in [1.29, 1.82) is 0 Å². The van der Waals surface area contributed by atoms with Gasteiger partial charge in [-0.05, 0) is 13.3 Å². The van der Waals surface area contributed by atoms with E-state index in [1.165, 1.54) is 19.3 Å². The van der Waals surface area contributed by atoms with Gasteiger partial charge in [-0.25, -0.2) is 9.98 Å². The summed E-state index contributed by atoms with van der Waals surface area (Å²) in [5.41, 5.74) is 0. The van der Waals surface area contributed by atoms with Crippen molar-refractivity contribution < 1.29 is 0 Å². The molecule has 1 N–H and O–H groups in total. The van der Waals surface area contributed by atoms with Crippen molar-refractivity contribution in [3.8, 4) is 0 Å². The number of hydrogen-bond acceptors (Lipinski definition) is 5. The minimum absolute atomic E-state index is 0.00252.